The standard InChI is InChI=1S/C17H28N2O/c1-3-15(2)17-14-19(11-7-10-18-17)12-13-20-16-8-5-4-6-9-16/h4-6,8-9,15,17-18H,3,7,10-14H2,1-2H3. The zero-order valence-corrected chi connectivity index (χ0v) is 12.8. The second-order valence-electron chi connectivity index (χ2n) is 5.76. The molecule has 20 heavy (non-hydrogen) atoms. The van der Waals surface area contributed by atoms with Gasteiger partial charge < -0.3 is 10.1 Å². The summed E-state index contributed by atoms with van der Waals surface area (Å²) in [6.07, 6.45) is 2.48. The maximum atomic E-state index is 5.81. The number of benzene rings is 1. The van der Waals surface area contributed by atoms with Crippen LogP contribution in [-0.4, -0.2) is 43.7 Å². The van der Waals surface area contributed by atoms with E-state index in [1.165, 1.54) is 19.4 Å². The average Bonchev–Trinajstić information content (AvgIpc) is 2.73. The Balaban J connectivity index is 1.76. The van der Waals surface area contributed by atoms with E-state index >= 15 is 0 Å². The van der Waals surface area contributed by atoms with Gasteiger partial charge in [-0.15, -0.1) is 0 Å². The largest absolute Gasteiger partial charge is 0.492 e. The fourth-order valence-corrected chi connectivity index (χ4v) is 2.70. The minimum Gasteiger partial charge on any atom is -0.492 e. The first-order valence-electron chi connectivity index (χ1n) is 7.93. The minimum atomic E-state index is 0.624. The zero-order valence-electron chi connectivity index (χ0n) is 12.8. The van der Waals surface area contributed by atoms with E-state index in [0.29, 0.717) is 6.04 Å². The van der Waals surface area contributed by atoms with Crippen molar-refractivity contribution in [1.29, 1.82) is 0 Å². The van der Waals surface area contributed by atoms with Crippen LogP contribution >= 0.6 is 0 Å². The Morgan fingerprint density at radius 1 is 1.35 bits per heavy atom. The lowest BCUT2D eigenvalue weighted by atomic mass is 9.99. The number of hydrogen-bond donors (Lipinski definition) is 1. The van der Waals surface area contributed by atoms with Crippen LogP contribution in [0.1, 0.15) is 26.7 Å². The molecule has 1 heterocycles. The van der Waals surface area contributed by atoms with Gasteiger partial charge in [-0.2, -0.15) is 0 Å². The van der Waals surface area contributed by atoms with E-state index in [1.807, 2.05) is 30.3 Å². The molecule has 2 rings (SSSR count). The van der Waals surface area contributed by atoms with Crippen molar-refractivity contribution in [2.45, 2.75) is 32.7 Å². The Labute approximate surface area is 123 Å². The van der Waals surface area contributed by atoms with E-state index < -0.39 is 0 Å². The molecule has 112 valence electrons. The lowest BCUT2D eigenvalue weighted by Gasteiger charge is -2.27. The fourth-order valence-electron chi connectivity index (χ4n) is 2.70. The van der Waals surface area contributed by atoms with Gasteiger partial charge in [-0.3, -0.25) is 4.90 Å². The van der Waals surface area contributed by atoms with Crippen LogP contribution in [-0.2, 0) is 0 Å². The summed E-state index contributed by atoms with van der Waals surface area (Å²) in [5.74, 6) is 1.71. The summed E-state index contributed by atoms with van der Waals surface area (Å²) in [4.78, 5) is 2.54. The van der Waals surface area contributed by atoms with Crippen LogP contribution in [0.15, 0.2) is 30.3 Å². The molecule has 0 bridgehead atoms. The molecule has 3 heteroatoms. The second kappa shape index (κ2) is 8.28. The van der Waals surface area contributed by atoms with Gasteiger partial charge in [0.25, 0.3) is 0 Å². The molecule has 1 N–H and O–H groups in total. The third-order valence-electron chi connectivity index (χ3n) is 4.26. The third kappa shape index (κ3) is 4.80. The number of hydrogen-bond acceptors (Lipinski definition) is 3. The normalized spacial score (nSPS) is 22.2. The maximum Gasteiger partial charge on any atom is 0.119 e. The lowest BCUT2D eigenvalue weighted by Crippen LogP contribution is -2.43. The van der Waals surface area contributed by atoms with Crippen molar-refractivity contribution in [2.75, 3.05) is 32.8 Å². The Hall–Kier alpha value is -1.06. The summed E-state index contributed by atoms with van der Waals surface area (Å²) < 4.78 is 5.81. The number of para-hydroxylation sites is 1. The molecule has 1 saturated heterocycles. The highest BCUT2D eigenvalue weighted by Gasteiger charge is 2.21. The molecule has 0 spiro atoms. The van der Waals surface area contributed by atoms with Crippen molar-refractivity contribution in [3.05, 3.63) is 30.3 Å². The molecule has 1 aromatic rings. The predicted octanol–water partition coefficient (Wildman–Crippen LogP) is 2.78. The first kappa shape index (κ1) is 15.3. The zero-order chi connectivity index (χ0) is 14.2. The van der Waals surface area contributed by atoms with Gasteiger partial charge in [0.05, 0.1) is 0 Å². The molecule has 2 atom stereocenters. The molecule has 0 aromatic heterocycles. The van der Waals surface area contributed by atoms with Crippen molar-refractivity contribution in [1.82, 2.24) is 10.2 Å². The van der Waals surface area contributed by atoms with Crippen molar-refractivity contribution in [3.8, 4) is 5.75 Å². The lowest BCUT2D eigenvalue weighted by molar-refractivity contribution is 0.193. The van der Waals surface area contributed by atoms with E-state index in [4.69, 9.17) is 4.74 Å². The smallest absolute Gasteiger partial charge is 0.119 e. The van der Waals surface area contributed by atoms with Crippen LogP contribution in [0, 0.1) is 5.92 Å². The number of ether oxygens (including phenoxy) is 1. The predicted molar refractivity (Wildman–Crippen MR) is 84.2 cm³/mol. The molecule has 2 unspecified atom stereocenters. The number of nitrogens with one attached hydrogen (secondary N) is 1. The molecule has 3 nitrogen and oxygen atoms in total. The number of nitrogens with zero attached hydrogens (tertiary/aromatic N) is 1. The third-order valence-corrected chi connectivity index (χ3v) is 4.26. The van der Waals surface area contributed by atoms with Crippen LogP contribution in [0.3, 0.4) is 0 Å². The highest BCUT2D eigenvalue weighted by atomic mass is 16.5. The molecule has 1 aromatic carbocycles. The molecule has 1 aliphatic heterocycles. The SMILES string of the molecule is CCC(C)C1CN(CCOc2ccccc2)CCCN1. The van der Waals surface area contributed by atoms with Crippen LogP contribution in [0.2, 0.25) is 0 Å². The van der Waals surface area contributed by atoms with Crippen molar-refractivity contribution < 1.29 is 4.74 Å². The monoisotopic (exact) mass is 276 g/mol. The van der Waals surface area contributed by atoms with Crippen molar-refractivity contribution >= 4 is 0 Å². The van der Waals surface area contributed by atoms with Gasteiger partial charge in [-0.05, 0) is 37.6 Å². The van der Waals surface area contributed by atoms with Gasteiger partial charge >= 0.3 is 0 Å². The van der Waals surface area contributed by atoms with Crippen LogP contribution in [0.4, 0.5) is 0 Å². The van der Waals surface area contributed by atoms with E-state index in [2.05, 4.69) is 24.1 Å². The highest BCUT2D eigenvalue weighted by molar-refractivity contribution is 5.20. The van der Waals surface area contributed by atoms with Crippen LogP contribution in [0.25, 0.3) is 0 Å². The summed E-state index contributed by atoms with van der Waals surface area (Å²) >= 11 is 0. The topological polar surface area (TPSA) is 24.5 Å². The molecular formula is C17H28N2O. The molecule has 1 aliphatic rings. The minimum absolute atomic E-state index is 0.624. The Morgan fingerprint density at radius 3 is 2.90 bits per heavy atom. The van der Waals surface area contributed by atoms with Gasteiger partial charge in [-0.25, -0.2) is 0 Å². The molecule has 0 saturated carbocycles. The van der Waals surface area contributed by atoms with Crippen LogP contribution < -0.4 is 10.1 Å². The van der Waals surface area contributed by atoms with E-state index in [-0.39, 0.29) is 0 Å². The molecular weight excluding hydrogens is 248 g/mol. The van der Waals surface area contributed by atoms with Gasteiger partial charge in [0, 0.05) is 19.1 Å². The van der Waals surface area contributed by atoms with E-state index in [1.54, 1.807) is 0 Å². The molecule has 0 amide bonds. The second-order valence-corrected chi connectivity index (χ2v) is 5.76. The van der Waals surface area contributed by atoms with Gasteiger partial charge in [0.15, 0.2) is 0 Å². The number of rotatable bonds is 6. The summed E-state index contributed by atoms with van der Waals surface area (Å²) in [5.41, 5.74) is 0. The van der Waals surface area contributed by atoms with E-state index in [9.17, 15) is 0 Å². The fraction of sp³-hybridized carbons (Fsp3) is 0.647. The Kier molecular flexibility index (Phi) is 6.34. The summed E-state index contributed by atoms with van der Waals surface area (Å²) in [6, 6.07) is 10.7. The van der Waals surface area contributed by atoms with Crippen LogP contribution in [0.5, 0.6) is 5.75 Å². The quantitative estimate of drug-likeness (QED) is 0.864. The van der Waals surface area contributed by atoms with Gasteiger partial charge in [-0.1, -0.05) is 38.5 Å². The summed E-state index contributed by atoms with van der Waals surface area (Å²) in [7, 11) is 0. The molecule has 0 aliphatic carbocycles. The molecule has 1 fully saturated rings. The average molecular weight is 276 g/mol. The first-order chi connectivity index (χ1) is 9.79. The highest BCUT2D eigenvalue weighted by Crippen LogP contribution is 2.13. The first-order valence-corrected chi connectivity index (χ1v) is 7.93. The maximum absolute atomic E-state index is 5.81. The summed E-state index contributed by atoms with van der Waals surface area (Å²) in [6.45, 7) is 9.89. The van der Waals surface area contributed by atoms with Gasteiger partial charge in [0.1, 0.15) is 12.4 Å². The molecule has 0 radical (unpaired) electrons. The Morgan fingerprint density at radius 2 is 2.15 bits per heavy atom. The van der Waals surface area contributed by atoms with E-state index in [0.717, 1.165) is 37.9 Å². The van der Waals surface area contributed by atoms with Crippen molar-refractivity contribution in [3.63, 3.8) is 0 Å². The Bertz CT molecular complexity index is 369. The van der Waals surface area contributed by atoms with Crippen molar-refractivity contribution in [2.24, 2.45) is 5.92 Å². The summed E-state index contributed by atoms with van der Waals surface area (Å²) in [5, 5.41) is 3.69. The van der Waals surface area contributed by atoms with Gasteiger partial charge in [0.2, 0.25) is 0 Å².